The molecule has 2 fully saturated rings. The van der Waals surface area contributed by atoms with Crippen LogP contribution < -0.4 is 10.2 Å². The number of alkyl halides is 3. The molecule has 2 aliphatic rings. The molecule has 4 rings (SSSR count). The van der Waals surface area contributed by atoms with Crippen LogP contribution in [0.5, 0.6) is 0 Å². The maximum atomic E-state index is 12.5. The smallest absolute Gasteiger partial charge is 0.387 e. The Hall–Kier alpha value is -1.93. The Kier molecular flexibility index (Phi) is 4.71. The minimum Gasteiger partial charge on any atom is -0.387 e. The molecule has 1 saturated carbocycles. The van der Waals surface area contributed by atoms with Gasteiger partial charge in [0.2, 0.25) is 0 Å². The van der Waals surface area contributed by atoms with E-state index in [2.05, 4.69) is 20.1 Å². The van der Waals surface area contributed by atoms with Gasteiger partial charge in [-0.2, -0.15) is 13.2 Å². The Labute approximate surface area is 160 Å². The zero-order valence-electron chi connectivity index (χ0n) is 15.0. The zero-order chi connectivity index (χ0) is 19.1. The zero-order valence-corrected chi connectivity index (χ0v) is 15.8. The van der Waals surface area contributed by atoms with Gasteiger partial charge in [0.1, 0.15) is 0 Å². The summed E-state index contributed by atoms with van der Waals surface area (Å²) < 4.78 is 37.5. The molecular formula is C19H21F3N4S. The van der Waals surface area contributed by atoms with Crippen molar-refractivity contribution in [2.75, 3.05) is 30.5 Å². The second kappa shape index (κ2) is 6.91. The van der Waals surface area contributed by atoms with Crippen LogP contribution in [0.15, 0.2) is 47.6 Å². The molecule has 1 saturated heterocycles. The highest BCUT2D eigenvalue weighted by Crippen LogP contribution is 2.48. The lowest BCUT2D eigenvalue weighted by molar-refractivity contribution is -0.0328. The van der Waals surface area contributed by atoms with Crippen molar-refractivity contribution in [1.82, 2.24) is 9.88 Å². The lowest BCUT2D eigenvalue weighted by Gasteiger charge is -2.23. The first-order valence-corrected chi connectivity index (χ1v) is 9.67. The molecule has 1 aromatic heterocycles. The molecule has 2 aromatic rings. The van der Waals surface area contributed by atoms with E-state index in [-0.39, 0.29) is 22.2 Å². The number of hydrogen-bond donors (Lipinski definition) is 1. The SMILES string of the molecule is CNc1cnccc1CN1CN(c2ccc(SC(F)(F)F)cc2)CC12CC2. The van der Waals surface area contributed by atoms with Crippen LogP contribution >= 0.6 is 11.8 Å². The van der Waals surface area contributed by atoms with Crippen molar-refractivity contribution >= 4 is 23.1 Å². The van der Waals surface area contributed by atoms with E-state index >= 15 is 0 Å². The van der Waals surface area contributed by atoms with Crippen LogP contribution in [0, 0.1) is 0 Å². The Morgan fingerprint density at radius 2 is 1.93 bits per heavy atom. The van der Waals surface area contributed by atoms with Gasteiger partial charge < -0.3 is 10.2 Å². The number of benzene rings is 1. The molecule has 4 nitrogen and oxygen atoms in total. The van der Waals surface area contributed by atoms with E-state index in [1.54, 1.807) is 30.5 Å². The number of nitrogens with one attached hydrogen (secondary N) is 1. The summed E-state index contributed by atoms with van der Waals surface area (Å²) >= 11 is -0.0713. The highest BCUT2D eigenvalue weighted by molar-refractivity contribution is 8.00. The molecule has 1 N–H and O–H groups in total. The number of aromatic nitrogens is 1. The Morgan fingerprint density at radius 1 is 1.19 bits per heavy atom. The van der Waals surface area contributed by atoms with Crippen LogP contribution in [0.25, 0.3) is 0 Å². The van der Waals surface area contributed by atoms with Crippen molar-refractivity contribution in [1.29, 1.82) is 0 Å². The van der Waals surface area contributed by atoms with E-state index in [0.29, 0.717) is 0 Å². The predicted octanol–water partition coefficient (Wildman–Crippen LogP) is 4.55. The van der Waals surface area contributed by atoms with Gasteiger partial charge in [0.25, 0.3) is 0 Å². The fourth-order valence-corrected chi connectivity index (χ4v) is 4.26. The maximum absolute atomic E-state index is 12.5. The van der Waals surface area contributed by atoms with Crippen LogP contribution in [-0.4, -0.2) is 41.2 Å². The van der Waals surface area contributed by atoms with Crippen molar-refractivity contribution in [3.05, 3.63) is 48.3 Å². The minimum absolute atomic E-state index is 0.0713. The fraction of sp³-hybridized carbons (Fsp3) is 0.421. The number of halogens is 3. The molecule has 27 heavy (non-hydrogen) atoms. The van der Waals surface area contributed by atoms with Crippen molar-refractivity contribution in [3.8, 4) is 0 Å². The molecule has 8 heteroatoms. The highest BCUT2D eigenvalue weighted by Gasteiger charge is 2.53. The molecule has 0 amide bonds. The standard InChI is InChI=1S/C19H21F3N4S/c1-23-17-10-24-9-6-14(17)11-26-13-25(12-18(26)7-8-18)15-2-4-16(5-3-15)27-19(20,21)22/h2-6,9-10,23H,7-8,11-13H2,1H3. The summed E-state index contributed by atoms with van der Waals surface area (Å²) in [4.78, 5) is 9.12. The Balaban J connectivity index is 1.47. The third-order valence-electron chi connectivity index (χ3n) is 5.30. The van der Waals surface area contributed by atoms with Crippen molar-refractivity contribution in [2.24, 2.45) is 0 Å². The lowest BCUT2D eigenvalue weighted by atomic mass is 10.1. The third kappa shape index (κ3) is 4.01. The molecule has 0 bridgehead atoms. The van der Waals surface area contributed by atoms with Gasteiger partial charge in [-0.25, -0.2) is 0 Å². The summed E-state index contributed by atoms with van der Waals surface area (Å²) in [5.74, 6) is 0. The summed E-state index contributed by atoms with van der Waals surface area (Å²) in [7, 11) is 1.89. The first-order chi connectivity index (χ1) is 12.9. The van der Waals surface area contributed by atoms with Gasteiger partial charge in [-0.1, -0.05) is 0 Å². The Bertz CT molecular complexity index is 805. The molecule has 1 aliphatic heterocycles. The van der Waals surface area contributed by atoms with Gasteiger partial charge in [0.05, 0.1) is 18.6 Å². The maximum Gasteiger partial charge on any atom is 0.446 e. The topological polar surface area (TPSA) is 31.4 Å². The van der Waals surface area contributed by atoms with Gasteiger partial charge in [-0.15, -0.1) is 0 Å². The van der Waals surface area contributed by atoms with Crippen molar-refractivity contribution < 1.29 is 13.2 Å². The van der Waals surface area contributed by atoms with Gasteiger partial charge >= 0.3 is 5.51 Å². The first kappa shape index (κ1) is 18.4. The second-order valence-corrected chi connectivity index (χ2v) is 8.22. The normalized spacial score (nSPS) is 18.9. The van der Waals surface area contributed by atoms with Crippen molar-refractivity contribution in [2.45, 2.75) is 35.3 Å². The molecule has 2 heterocycles. The highest BCUT2D eigenvalue weighted by atomic mass is 32.2. The summed E-state index contributed by atoms with van der Waals surface area (Å²) in [6.07, 6.45) is 5.96. The molecule has 0 atom stereocenters. The van der Waals surface area contributed by atoms with Crippen LogP contribution in [0.2, 0.25) is 0 Å². The van der Waals surface area contributed by atoms with E-state index < -0.39 is 5.51 Å². The number of anilines is 2. The molecular weight excluding hydrogens is 373 g/mol. The number of pyridine rings is 1. The van der Waals surface area contributed by atoms with E-state index in [1.165, 1.54) is 5.56 Å². The number of thioether (sulfide) groups is 1. The summed E-state index contributed by atoms with van der Waals surface area (Å²) in [5.41, 5.74) is -0.857. The van der Waals surface area contributed by atoms with E-state index in [1.807, 2.05) is 19.3 Å². The van der Waals surface area contributed by atoms with Gasteiger partial charge in [0, 0.05) is 42.5 Å². The number of rotatable bonds is 5. The average molecular weight is 394 g/mol. The average Bonchev–Trinajstić information content (AvgIpc) is 3.32. The largest absolute Gasteiger partial charge is 0.446 e. The first-order valence-electron chi connectivity index (χ1n) is 8.85. The predicted molar refractivity (Wildman–Crippen MR) is 102 cm³/mol. The molecule has 144 valence electrons. The van der Waals surface area contributed by atoms with Crippen LogP contribution in [0.1, 0.15) is 18.4 Å². The third-order valence-corrected chi connectivity index (χ3v) is 6.04. The van der Waals surface area contributed by atoms with E-state index in [0.717, 1.165) is 44.0 Å². The molecule has 1 aromatic carbocycles. The van der Waals surface area contributed by atoms with E-state index in [9.17, 15) is 13.2 Å². The van der Waals surface area contributed by atoms with Crippen molar-refractivity contribution in [3.63, 3.8) is 0 Å². The van der Waals surface area contributed by atoms with Gasteiger partial charge in [0.15, 0.2) is 0 Å². The number of hydrogen-bond acceptors (Lipinski definition) is 5. The van der Waals surface area contributed by atoms with Crippen LogP contribution in [0.3, 0.4) is 0 Å². The second-order valence-electron chi connectivity index (χ2n) is 7.09. The minimum atomic E-state index is -4.25. The van der Waals surface area contributed by atoms with Crippen LogP contribution in [0.4, 0.5) is 24.5 Å². The molecule has 0 unspecified atom stereocenters. The van der Waals surface area contributed by atoms with Crippen LogP contribution in [-0.2, 0) is 6.54 Å². The molecule has 0 radical (unpaired) electrons. The van der Waals surface area contributed by atoms with E-state index in [4.69, 9.17) is 0 Å². The summed E-state index contributed by atoms with van der Waals surface area (Å²) in [6, 6.07) is 8.72. The molecule has 1 spiro atoms. The molecule has 1 aliphatic carbocycles. The number of nitrogens with zero attached hydrogens (tertiary/aromatic N) is 3. The Morgan fingerprint density at radius 3 is 2.56 bits per heavy atom. The lowest BCUT2D eigenvalue weighted by Crippen LogP contribution is -2.32. The quantitative estimate of drug-likeness (QED) is 0.752. The van der Waals surface area contributed by atoms with Gasteiger partial charge in [-0.05, 0) is 60.5 Å². The monoisotopic (exact) mass is 394 g/mol. The van der Waals surface area contributed by atoms with Gasteiger partial charge in [-0.3, -0.25) is 9.88 Å². The summed E-state index contributed by atoms with van der Waals surface area (Å²) in [5, 5.41) is 3.19. The fourth-order valence-electron chi connectivity index (χ4n) is 3.72. The summed E-state index contributed by atoms with van der Waals surface area (Å²) in [6.45, 7) is 2.52.